The van der Waals surface area contributed by atoms with E-state index in [0.717, 1.165) is 13.1 Å². The zero-order chi connectivity index (χ0) is 12.8. The quantitative estimate of drug-likeness (QED) is 0.812. The van der Waals surface area contributed by atoms with Crippen molar-refractivity contribution in [1.82, 2.24) is 10.2 Å². The van der Waals surface area contributed by atoms with Gasteiger partial charge in [-0.1, -0.05) is 31.9 Å². The molecule has 0 bridgehead atoms. The van der Waals surface area contributed by atoms with Gasteiger partial charge in [0.05, 0.1) is 0 Å². The van der Waals surface area contributed by atoms with Crippen LogP contribution in [0, 0.1) is 3.57 Å². The van der Waals surface area contributed by atoms with E-state index in [0.29, 0.717) is 6.04 Å². The van der Waals surface area contributed by atoms with Crippen molar-refractivity contribution in [2.45, 2.75) is 32.2 Å². The summed E-state index contributed by atoms with van der Waals surface area (Å²) in [6.07, 6.45) is 3.89. The Morgan fingerprint density at radius 2 is 1.89 bits per heavy atom. The molecule has 1 aliphatic rings. The Balaban J connectivity index is 2.10. The van der Waals surface area contributed by atoms with Crippen LogP contribution in [0.2, 0.25) is 0 Å². The summed E-state index contributed by atoms with van der Waals surface area (Å²) in [4.78, 5) is 2.65. The first-order valence-electron chi connectivity index (χ1n) is 7.01. The number of hydrogen-bond acceptors (Lipinski definition) is 2. The normalized spacial score (nSPS) is 18.8. The predicted octanol–water partition coefficient (Wildman–Crippen LogP) is 3.43. The lowest BCUT2D eigenvalue weighted by molar-refractivity contribution is 0.163. The first kappa shape index (κ1) is 14.3. The van der Waals surface area contributed by atoms with Gasteiger partial charge in [-0.2, -0.15) is 0 Å². The van der Waals surface area contributed by atoms with E-state index in [-0.39, 0.29) is 0 Å². The van der Waals surface area contributed by atoms with Crippen LogP contribution in [-0.2, 0) is 0 Å². The maximum Gasteiger partial charge on any atom is 0.0349 e. The molecule has 2 nitrogen and oxygen atoms in total. The van der Waals surface area contributed by atoms with Crippen LogP contribution >= 0.6 is 22.6 Å². The lowest BCUT2D eigenvalue weighted by atomic mass is 9.99. The Hall–Kier alpha value is -0.130. The van der Waals surface area contributed by atoms with Crippen LogP contribution in [0.3, 0.4) is 0 Å². The van der Waals surface area contributed by atoms with Crippen LogP contribution in [0.4, 0.5) is 0 Å². The van der Waals surface area contributed by atoms with E-state index in [1.54, 1.807) is 0 Å². The average Bonchev–Trinajstić information content (AvgIpc) is 2.42. The monoisotopic (exact) mass is 358 g/mol. The number of unbranched alkanes of at least 4 members (excludes halogenated alkanes) is 1. The molecule has 100 valence electrons. The smallest absolute Gasteiger partial charge is 0.0349 e. The van der Waals surface area contributed by atoms with Crippen LogP contribution in [0.1, 0.15) is 37.8 Å². The molecule has 1 atom stereocenters. The minimum Gasteiger partial charge on any atom is -0.314 e. The van der Waals surface area contributed by atoms with Crippen molar-refractivity contribution in [2.75, 3.05) is 26.2 Å². The Labute approximate surface area is 124 Å². The lowest BCUT2D eigenvalue weighted by Gasteiger charge is -2.35. The molecule has 1 aromatic rings. The summed E-state index contributed by atoms with van der Waals surface area (Å²) in [5, 5.41) is 3.44. The molecule has 1 aromatic carbocycles. The first-order chi connectivity index (χ1) is 8.81. The van der Waals surface area contributed by atoms with E-state index in [4.69, 9.17) is 0 Å². The van der Waals surface area contributed by atoms with Crippen LogP contribution in [0.25, 0.3) is 0 Å². The number of benzene rings is 1. The molecule has 0 unspecified atom stereocenters. The number of nitrogens with zero attached hydrogens (tertiary/aromatic N) is 1. The number of hydrogen-bond donors (Lipinski definition) is 1. The van der Waals surface area contributed by atoms with Crippen molar-refractivity contribution >= 4 is 22.6 Å². The predicted molar refractivity (Wildman–Crippen MR) is 85.9 cm³/mol. The molecule has 2 rings (SSSR count). The van der Waals surface area contributed by atoms with Gasteiger partial charge in [-0.3, -0.25) is 4.90 Å². The van der Waals surface area contributed by atoms with Gasteiger partial charge in [0.15, 0.2) is 0 Å². The molecule has 0 aromatic heterocycles. The molecule has 3 heteroatoms. The van der Waals surface area contributed by atoms with Gasteiger partial charge < -0.3 is 5.32 Å². The van der Waals surface area contributed by atoms with E-state index in [2.05, 4.69) is 64.0 Å². The third-order valence-corrected chi connectivity index (χ3v) is 4.40. The molecule has 0 aliphatic carbocycles. The molecule has 0 amide bonds. The molecule has 1 heterocycles. The van der Waals surface area contributed by atoms with Crippen LogP contribution < -0.4 is 5.32 Å². The van der Waals surface area contributed by atoms with Crippen LogP contribution in [0.5, 0.6) is 0 Å². The van der Waals surface area contributed by atoms with E-state index in [1.807, 2.05) is 0 Å². The molecule has 1 saturated heterocycles. The first-order valence-corrected chi connectivity index (χ1v) is 8.09. The largest absolute Gasteiger partial charge is 0.314 e. The Morgan fingerprint density at radius 1 is 1.22 bits per heavy atom. The fourth-order valence-electron chi connectivity index (χ4n) is 2.64. The van der Waals surface area contributed by atoms with E-state index < -0.39 is 0 Å². The summed E-state index contributed by atoms with van der Waals surface area (Å²) in [5.41, 5.74) is 1.49. The van der Waals surface area contributed by atoms with Crippen LogP contribution in [-0.4, -0.2) is 31.1 Å². The Kier molecular flexibility index (Phi) is 5.92. The van der Waals surface area contributed by atoms with Gasteiger partial charge in [0.2, 0.25) is 0 Å². The second-order valence-electron chi connectivity index (χ2n) is 5.00. The third-order valence-electron chi connectivity index (χ3n) is 3.68. The van der Waals surface area contributed by atoms with E-state index in [1.165, 1.54) is 41.5 Å². The highest BCUT2D eigenvalue weighted by Crippen LogP contribution is 2.27. The zero-order valence-corrected chi connectivity index (χ0v) is 13.3. The summed E-state index contributed by atoms with van der Waals surface area (Å²) >= 11 is 2.38. The summed E-state index contributed by atoms with van der Waals surface area (Å²) in [6.45, 7) is 6.91. The minimum atomic E-state index is 0.615. The zero-order valence-electron chi connectivity index (χ0n) is 11.2. The van der Waals surface area contributed by atoms with Crippen molar-refractivity contribution in [1.29, 1.82) is 0 Å². The van der Waals surface area contributed by atoms with Crippen molar-refractivity contribution in [3.05, 3.63) is 33.4 Å². The van der Waals surface area contributed by atoms with Gasteiger partial charge in [0.1, 0.15) is 0 Å². The summed E-state index contributed by atoms with van der Waals surface area (Å²) in [6, 6.07) is 9.70. The van der Waals surface area contributed by atoms with Crippen molar-refractivity contribution in [3.8, 4) is 0 Å². The van der Waals surface area contributed by atoms with Gasteiger partial charge in [0.25, 0.3) is 0 Å². The number of rotatable bonds is 5. The molecule has 1 fully saturated rings. The van der Waals surface area contributed by atoms with Gasteiger partial charge in [-0.25, -0.2) is 0 Å². The Morgan fingerprint density at radius 3 is 2.50 bits per heavy atom. The third kappa shape index (κ3) is 3.93. The van der Waals surface area contributed by atoms with Crippen molar-refractivity contribution in [3.63, 3.8) is 0 Å². The minimum absolute atomic E-state index is 0.615. The van der Waals surface area contributed by atoms with Crippen LogP contribution in [0.15, 0.2) is 24.3 Å². The fraction of sp³-hybridized carbons (Fsp3) is 0.600. The Bertz CT molecular complexity index is 344. The second-order valence-corrected chi connectivity index (χ2v) is 6.24. The van der Waals surface area contributed by atoms with E-state index >= 15 is 0 Å². The number of halogens is 1. The highest BCUT2D eigenvalue weighted by molar-refractivity contribution is 14.1. The van der Waals surface area contributed by atoms with Gasteiger partial charge in [-0.15, -0.1) is 0 Å². The fourth-order valence-corrected chi connectivity index (χ4v) is 3.00. The van der Waals surface area contributed by atoms with Gasteiger partial charge in [-0.05, 0) is 46.7 Å². The van der Waals surface area contributed by atoms with Gasteiger partial charge in [0, 0.05) is 35.8 Å². The second kappa shape index (κ2) is 7.46. The van der Waals surface area contributed by atoms with E-state index in [9.17, 15) is 0 Å². The molecular weight excluding hydrogens is 335 g/mol. The highest BCUT2D eigenvalue weighted by atomic mass is 127. The maximum atomic E-state index is 3.44. The highest BCUT2D eigenvalue weighted by Gasteiger charge is 2.21. The summed E-state index contributed by atoms with van der Waals surface area (Å²) in [5.74, 6) is 0. The molecule has 0 radical (unpaired) electrons. The molecule has 0 spiro atoms. The molecule has 1 aliphatic heterocycles. The lowest BCUT2D eigenvalue weighted by Crippen LogP contribution is -2.45. The maximum absolute atomic E-state index is 3.44. The number of nitrogens with one attached hydrogen (secondary N) is 1. The van der Waals surface area contributed by atoms with Crippen molar-refractivity contribution < 1.29 is 0 Å². The molecule has 0 saturated carbocycles. The molecule has 1 N–H and O–H groups in total. The SMILES string of the molecule is CCCC[C@H](c1ccc(I)cc1)N1CCNCC1. The summed E-state index contributed by atoms with van der Waals surface area (Å²) < 4.78 is 1.32. The summed E-state index contributed by atoms with van der Waals surface area (Å²) in [7, 11) is 0. The molecular formula is C15H23IN2. The number of piperazine rings is 1. The topological polar surface area (TPSA) is 15.3 Å². The molecule has 18 heavy (non-hydrogen) atoms. The van der Waals surface area contributed by atoms with Gasteiger partial charge >= 0.3 is 0 Å². The average molecular weight is 358 g/mol. The standard InChI is InChI=1S/C15H23IN2/c1-2-3-4-15(18-11-9-17-10-12-18)13-5-7-14(16)8-6-13/h5-8,15,17H,2-4,9-12H2,1H3/t15-/m1/s1. The van der Waals surface area contributed by atoms with Crippen molar-refractivity contribution in [2.24, 2.45) is 0 Å².